The first kappa shape index (κ1) is 47.2. The second-order valence-electron chi connectivity index (χ2n) is 18.2. The van der Waals surface area contributed by atoms with Crippen LogP contribution in [0.1, 0.15) is 129 Å². The van der Waals surface area contributed by atoms with Gasteiger partial charge < -0.3 is 28.4 Å². The van der Waals surface area contributed by atoms with Crippen molar-refractivity contribution in [3.05, 3.63) is 177 Å². The van der Waals surface area contributed by atoms with Crippen molar-refractivity contribution in [2.45, 2.75) is 125 Å². The van der Waals surface area contributed by atoms with E-state index < -0.39 is 17.4 Å². The number of hydrogen-bond donors (Lipinski definition) is 0. The van der Waals surface area contributed by atoms with Gasteiger partial charge in [0, 0.05) is 77.0 Å². The van der Waals surface area contributed by atoms with E-state index in [9.17, 15) is 0 Å². The number of fused-ring (bicyclic) bond motifs is 10. The summed E-state index contributed by atoms with van der Waals surface area (Å²) in [7, 11) is 3.42. The van der Waals surface area contributed by atoms with Crippen LogP contribution in [-0.2, 0) is 45.8 Å². The molecule has 2 spiro atoms. The Kier molecular flexibility index (Phi) is 14.3. The fraction of sp³-hybridized carbons (Fsp3) is 0.368. The Bertz CT molecular complexity index is 2660. The maximum Gasteiger partial charge on any atom is 0.224 e. The second-order valence-corrected chi connectivity index (χ2v) is 21.5. The predicted octanol–water partition coefficient (Wildman–Crippen LogP) is 15.0. The Morgan fingerprint density at radius 1 is 0.379 bits per heavy atom. The third-order valence-electron chi connectivity index (χ3n) is 13.1. The number of ether oxygens (including phenoxy) is 6. The van der Waals surface area contributed by atoms with E-state index in [1.807, 2.05) is 29.6 Å². The van der Waals surface area contributed by atoms with Gasteiger partial charge in [0.05, 0.1) is 26.4 Å². The monoisotopic (exact) mass is 938 g/mol. The van der Waals surface area contributed by atoms with E-state index in [-0.39, 0.29) is 0 Å². The van der Waals surface area contributed by atoms with Crippen LogP contribution in [0, 0.1) is 0 Å². The van der Waals surface area contributed by atoms with Crippen molar-refractivity contribution in [3.63, 3.8) is 0 Å². The lowest BCUT2D eigenvalue weighted by atomic mass is 9.91. The Morgan fingerprint density at radius 3 is 1.09 bits per heavy atom. The number of hydrogen-bond acceptors (Lipinski definition) is 9. The summed E-state index contributed by atoms with van der Waals surface area (Å²) >= 11 is 5.40. The topological polar surface area (TPSA) is 55.4 Å². The molecule has 5 aliphatic heterocycles. The molecule has 6 nitrogen and oxygen atoms in total. The number of rotatable bonds is 5. The minimum Gasteiger partial charge on any atom is -0.345 e. The van der Waals surface area contributed by atoms with Crippen molar-refractivity contribution in [2.24, 2.45) is 0 Å². The van der Waals surface area contributed by atoms with E-state index in [1.54, 1.807) is 26.0 Å². The van der Waals surface area contributed by atoms with Crippen LogP contribution in [0.4, 0.5) is 0 Å². The van der Waals surface area contributed by atoms with Gasteiger partial charge in [-0.2, -0.15) is 0 Å². The van der Waals surface area contributed by atoms with Gasteiger partial charge in [-0.1, -0.05) is 150 Å². The fourth-order valence-corrected chi connectivity index (χ4v) is 12.8. The van der Waals surface area contributed by atoms with E-state index in [1.165, 1.54) is 57.2 Å². The SMILES string of the molecule is CC(C)c1ccc2c(c1)C1(OCCCCO1)c1ccccc1S2.CC(C)c1ccc2c(c1)C1(OCCCO1)c1ccccc1S2.COC1(OC)c2ccccc2Sc2ccc(C(C)C)cc21. The average molecular weight is 939 g/mol. The van der Waals surface area contributed by atoms with Crippen LogP contribution in [0.5, 0.6) is 0 Å². The Labute approximate surface area is 404 Å². The highest BCUT2D eigenvalue weighted by Gasteiger charge is 2.47. The summed E-state index contributed by atoms with van der Waals surface area (Å²) in [5, 5.41) is 0. The minimum absolute atomic E-state index is 0.476. The first-order valence-corrected chi connectivity index (χ1v) is 25.9. The summed E-state index contributed by atoms with van der Waals surface area (Å²) in [5.74, 6) is -0.816. The van der Waals surface area contributed by atoms with Gasteiger partial charge in [-0.3, -0.25) is 0 Å². The van der Waals surface area contributed by atoms with Gasteiger partial charge in [0.15, 0.2) is 0 Å². The van der Waals surface area contributed by atoms with Crippen LogP contribution in [0.3, 0.4) is 0 Å². The highest BCUT2D eigenvalue weighted by molar-refractivity contribution is 8.00. The summed E-state index contributed by atoms with van der Waals surface area (Å²) in [6.07, 6.45) is 3.06. The zero-order chi connectivity index (χ0) is 46.1. The van der Waals surface area contributed by atoms with Crippen molar-refractivity contribution in [3.8, 4) is 0 Å². The van der Waals surface area contributed by atoms with Gasteiger partial charge in [-0.15, -0.1) is 0 Å². The van der Waals surface area contributed by atoms with E-state index in [2.05, 4.69) is 163 Å². The van der Waals surface area contributed by atoms with E-state index in [4.69, 9.17) is 28.4 Å². The molecule has 0 radical (unpaired) electrons. The molecule has 6 aromatic carbocycles. The van der Waals surface area contributed by atoms with Crippen molar-refractivity contribution >= 4 is 35.3 Å². The molecule has 344 valence electrons. The molecular formula is C57H62O6S3. The molecule has 6 aromatic rings. The molecule has 0 amide bonds. The van der Waals surface area contributed by atoms with E-state index >= 15 is 0 Å². The molecule has 5 heterocycles. The standard InChI is InChI=1S/C20H22O2S.C19H20O2S.C18H20O2S/c1-14(2)15-9-10-19-17(13-15)20(21-11-5-6-12-22-20)16-7-3-4-8-18(16)23-19;1-13(2)14-8-9-18-16(12-14)19(20-10-5-11-21-19)15-6-3-4-7-17(15)22-18;1-12(2)13-9-10-17-15(11-13)18(19-3,20-4)14-7-5-6-8-16(14)21-17/h3-4,7-10,13-14H,5-6,11-12H2,1-2H3;3-4,6-9,12-13H,5,10-11H2,1-2H3;5-12H,1-4H3. The van der Waals surface area contributed by atoms with Gasteiger partial charge in [0.1, 0.15) is 0 Å². The van der Waals surface area contributed by atoms with Gasteiger partial charge in [0.25, 0.3) is 0 Å². The van der Waals surface area contributed by atoms with Crippen LogP contribution < -0.4 is 0 Å². The molecule has 2 fully saturated rings. The largest absolute Gasteiger partial charge is 0.345 e. The number of methoxy groups -OCH3 is 2. The van der Waals surface area contributed by atoms with Crippen LogP contribution in [0.2, 0.25) is 0 Å². The normalized spacial score (nSPS) is 18.0. The maximum absolute atomic E-state index is 6.38. The van der Waals surface area contributed by atoms with Gasteiger partial charge in [-0.05, 0) is 108 Å². The van der Waals surface area contributed by atoms with Crippen LogP contribution in [0.25, 0.3) is 0 Å². The molecular weight excluding hydrogens is 877 g/mol. The summed E-state index contributed by atoms with van der Waals surface area (Å²) in [4.78, 5) is 7.33. The maximum atomic E-state index is 6.38. The zero-order valence-corrected chi connectivity index (χ0v) is 41.9. The first-order chi connectivity index (χ1) is 32.0. The zero-order valence-electron chi connectivity index (χ0n) is 39.5. The van der Waals surface area contributed by atoms with Crippen LogP contribution >= 0.6 is 35.3 Å². The summed E-state index contributed by atoms with van der Waals surface area (Å²) in [6, 6.07) is 45.3. The number of benzene rings is 6. The summed E-state index contributed by atoms with van der Waals surface area (Å²) < 4.78 is 37.0. The molecule has 11 rings (SSSR count). The molecule has 0 saturated carbocycles. The van der Waals surface area contributed by atoms with Gasteiger partial charge in [-0.25, -0.2) is 0 Å². The van der Waals surface area contributed by atoms with Crippen molar-refractivity contribution in [1.29, 1.82) is 0 Å². The average Bonchev–Trinajstić information content (AvgIpc) is 3.60. The lowest BCUT2D eigenvalue weighted by Crippen LogP contribution is -2.41. The smallest absolute Gasteiger partial charge is 0.224 e. The lowest BCUT2D eigenvalue weighted by molar-refractivity contribution is -0.252. The third kappa shape index (κ3) is 8.74. The molecule has 0 aliphatic carbocycles. The first-order valence-electron chi connectivity index (χ1n) is 23.4. The molecule has 0 N–H and O–H groups in total. The van der Waals surface area contributed by atoms with Crippen molar-refractivity contribution in [2.75, 3.05) is 40.6 Å². The Balaban J connectivity index is 0.000000125. The minimum atomic E-state index is -0.817. The quantitative estimate of drug-likeness (QED) is 0.157. The lowest BCUT2D eigenvalue weighted by Gasteiger charge is -2.42. The van der Waals surface area contributed by atoms with Crippen molar-refractivity contribution < 1.29 is 28.4 Å². The molecule has 0 aromatic heterocycles. The van der Waals surface area contributed by atoms with Gasteiger partial charge >= 0.3 is 0 Å². The predicted molar refractivity (Wildman–Crippen MR) is 267 cm³/mol. The second kappa shape index (κ2) is 20.0. The van der Waals surface area contributed by atoms with Crippen molar-refractivity contribution in [1.82, 2.24) is 0 Å². The summed E-state index contributed by atoms with van der Waals surface area (Å²) in [5.41, 5.74) is 10.8. The molecule has 66 heavy (non-hydrogen) atoms. The molecule has 2 saturated heterocycles. The highest BCUT2D eigenvalue weighted by Crippen LogP contribution is 2.54. The molecule has 0 unspecified atom stereocenters. The molecule has 9 heteroatoms. The molecule has 0 bridgehead atoms. The third-order valence-corrected chi connectivity index (χ3v) is 16.5. The highest BCUT2D eigenvalue weighted by atomic mass is 32.2. The molecule has 5 aliphatic rings. The Morgan fingerprint density at radius 2 is 0.697 bits per heavy atom. The van der Waals surface area contributed by atoms with Crippen LogP contribution in [0.15, 0.2) is 157 Å². The van der Waals surface area contributed by atoms with Crippen LogP contribution in [-0.4, -0.2) is 40.6 Å². The van der Waals surface area contributed by atoms with Gasteiger partial charge in [0.2, 0.25) is 17.4 Å². The molecule has 0 atom stereocenters. The Hall–Kier alpha value is -3.87. The van der Waals surface area contributed by atoms with E-state index in [0.29, 0.717) is 17.8 Å². The fourth-order valence-electron chi connectivity index (χ4n) is 9.39. The summed E-state index contributed by atoms with van der Waals surface area (Å²) in [6.45, 7) is 16.3. The van der Waals surface area contributed by atoms with E-state index in [0.717, 1.165) is 67.9 Å².